The molecular weight excluding hydrogens is 386 g/mol. The molecule has 150 valence electrons. The standard InChI is InChI=1S/C22H23N3O3S/c1-27-16-11-15(12-17(13-16)28-2)24-21-18-5-3-4-6-20(18)23-14-19(21)22(26)25-7-9-29-10-8-25/h3-6,11-14H,7-10H2,1-2H3,(H,23,24). The first-order valence-electron chi connectivity index (χ1n) is 9.44. The number of thioether (sulfide) groups is 1. The lowest BCUT2D eigenvalue weighted by atomic mass is 10.1. The molecule has 6 nitrogen and oxygen atoms in total. The highest BCUT2D eigenvalue weighted by atomic mass is 32.2. The number of anilines is 2. The summed E-state index contributed by atoms with van der Waals surface area (Å²) in [6.45, 7) is 1.51. The number of hydrogen-bond acceptors (Lipinski definition) is 6. The molecule has 1 N–H and O–H groups in total. The number of nitrogens with one attached hydrogen (secondary N) is 1. The Morgan fingerprint density at radius 2 is 1.76 bits per heavy atom. The Morgan fingerprint density at radius 3 is 2.45 bits per heavy atom. The second-order valence-corrected chi connectivity index (χ2v) is 7.92. The van der Waals surface area contributed by atoms with Gasteiger partial charge in [0.05, 0.1) is 31.0 Å². The molecule has 0 aliphatic carbocycles. The van der Waals surface area contributed by atoms with Crippen molar-refractivity contribution >= 4 is 39.9 Å². The molecule has 1 aliphatic heterocycles. The summed E-state index contributed by atoms with van der Waals surface area (Å²) in [6.07, 6.45) is 1.67. The van der Waals surface area contributed by atoms with Gasteiger partial charge in [-0.15, -0.1) is 0 Å². The van der Waals surface area contributed by atoms with Crippen LogP contribution < -0.4 is 14.8 Å². The van der Waals surface area contributed by atoms with E-state index >= 15 is 0 Å². The van der Waals surface area contributed by atoms with Gasteiger partial charge in [0.1, 0.15) is 11.5 Å². The van der Waals surface area contributed by atoms with Crippen molar-refractivity contribution in [2.45, 2.75) is 0 Å². The minimum Gasteiger partial charge on any atom is -0.497 e. The van der Waals surface area contributed by atoms with Crippen LogP contribution in [-0.4, -0.2) is 54.6 Å². The van der Waals surface area contributed by atoms with Gasteiger partial charge < -0.3 is 19.7 Å². The smallest absolute Gasteiger partial charge is 0.257 e. The van der Waals surface area contributed by atoms with Gasteiger partial charge in [0.15, 0.2) is 0 Å². The Balaban J connectivity index is 1.80. The van der Waals surface area contributed by atoms with Crippen LogP contribution in [0.1, 0.15) is 10.4 Å². The van der Waals surface area contributed by atoms with Crippen molar-refractivity contribution in [1.29, 1.82) is 0 Å². The molecule has 1 aliphatic rings. The molecule has 2 heterocycles. The molecule has 0 radical (unpaired) electrons. The van der Waals surface area contributed by atoms with Gasteiger partial charge in [-0.2, -0.15) is 11.8 Å². The quantitative estimate of drug-likeness (QED) is 0.682. The molecular formula is C22H23N3O3S. The van der Waals surface area contributed by atoms with Crippen LogP contribution in [0.4, 0.5) is 11.4 Å². The van der Waals surface area contributed by atoms with Gasteiger partial charge in [-0.1, -0.05) is 18.2 Å². The number of carbonyl (C=O) groups excluding carboxylic acids is 1. The molecule has 0 bridgehead atoms. The van der Waals surface area contributed by atoms with Gasteiger partial charge >= 0.3 is 0 Å². The molecule has 1 aromatic heterocycles. The fourth-order valence-electron chi connectivity index (χ4n) is 3.40. The van der Waals surface area contributed by atoms with E-state index in [1.165, 1.54) is 0 Å². The number of pyridine rings is 1. The number of fused-ring (bicyclic) bond motifs is 1. The molecule has 0 saturated carbocycles. The minimum absolute atomic E-state index is 0.000846. The van der Waals surface area contributed by atoms with E-state index in [4.69, 9.17) is 9.47 Å². The van der Waals surface area contributed by atoms with E-state index in [1.807, 2.05) is 59.1 Å². The topological polar surface area (TPSA) is 63.7 Å². The van der Waals surface area contributed by atoms with E-state index in [0.717, 1.165) is 46.9 Å². The van der Waals surface area contributed by atoms with Crippen molar-refractivity contribution in [1.82, 2.24) is 9.88 Å². The summed E-state index contributed by atoms with van der Waals surface area (Å²) in [7, 11) is 3.23. The second-order valence-electron chi connectivity index (χ2n) is 6.69. The van der Waals surface area contributed by atoms with Crippen LogP contribution in [0, 0.1) is 0 Å². The zero-order valence-electron chi connectivity index (χ0n) is 16.5. The Hall–Kier alpha value is -2.93. The number of methoxy groups -OCH3 is 2. The zero-order chi connectivity index (χ0) is 20.2. The normalized spacial score (nSPS) is 13.9. The van der Waals surface area contributed by atoms with Gasteiger partial charge in [0.25, 0.3) is 5.91 Å². The number of hydrogen-bond donors (Lipinski definition) is 1. The highest BCUT2D eigenvalue weighted by Gasteiger charge is 2.23. The summed E-state index contributed by atoms with van der Waals surface area (Å²) < 4.78 is 10.8. The van der Waals surface area contributed by atoms with Crippen LogP contribution in [0.3, 0.4) is 0 Å². The number of amides is 1. The molecule has 7 heteroatoms. The molecule has 0 unspecified atom stereocenters. The summed E-state index contributed by atoms with van der Waals surface area (Å²) in [4.78, 5) is 19.7. The summed E-state index contributed by atoms with van der Waals surface area (Å²) >= 11 is 1.88. The van der Waals surface area contributed by atoms with Crippen molar-refractivity contribution < 1.29 is 14.3 Å². The number of aromatic nitrogens is 1. The Kier molecular flexibility index (Phi) is 5.76. The lowest BCUT2D eigenvalue weighted by Gasteiger charge is -2.27. The fraction of sp³-hybridized carbons (Fsp3) is 0.273. The summed E-state index contributed by atoms with van der Waals surface area (Å²) in [5, 5.41) is 4.33. The fourth-order valence-corrected chi connectivity index (χ4v) is 4.30. The van der Waals surface area contributed by atoms with Crippen LogP contribution >= 0.6 is 11.8 Å². The number of rotatable bonds is 5. The number of nitrogens with zero attached hydrogens (tertiary/aromatic N) is 2. The summed E-state index contributed by atoms with van der Waals surface area (Å²) in [5.41, 5.74) is 2.92. The molecule has 0 spiro atoms. The lowest BCUT2D eigenvalue weighted by Crippen LogP contribution is -2.38. The van der Waals surface area contributed by atoms with Crippen molar-refractivity contribution in [3.8, 4) is 11.5 Å². The lowest BCUT2D eigenvalue weighted by molar-refractivity contribution is 0.0773. The Morgan fingerprint density at radius 1 is 1.07 bits per heavy atom. The van der Waals surface area contributed by atoms with Crippen LogP contribution in [0.25, 0.3) is 10.9 Å². The SMILES string of the molecule is COc1cc(Nc2c(C(=O)N3CCSCC3)cnc3ccccc23)cc(OC)c1. The summed E-state index contributed by atoms with van der Waals surface area (Å²) in [5.74, 6) is 3.27. The van der Waals surface area contributed by atoms with Crippen LogP contribution in [0.5, 0.6) is 11.5 Å². The largest absolute Gasteiger partial charge is 0.497 e. The van der Waals surface area contributed by atoms with E-state index in [0.29, 0.717) is 17.1 Å². The van der Waals surface area contributed by atoms with Gasteiger partial charge in [0.2, 0.25) is 0 Å². The first-order valence-corrected chi connectivity index (χ1v) is 10.6. The maximum Gasteiger partial charge on any atom is 0.257 e. The zero-order valence-corrected chi connectivity index (χ0v) is 17.3. The van der Waals surface area contributed by atoms with Gasteiger partial charge in [-0.25, -0.2) is 0 Å². The van der Waals surface area contributed by atoms with Crippen molar-refractivity contribution in [3.63, 3.8) is 0 Å². The monoisotopic (exact) mass is 409 g/mol. The Bertz CT molecular complexity index is 1010. The average Bonchev–Trinajstić information content (AvgIpc) is 2.79. The Labute approximate surface area is 174 Å². The molecule has 2 aromatic carbocycles. The molecule has 4 rings (SSSR count). The molecule has 0 atom stereocenters. The highest BCUT2D eigenvalue weighted by molar-refractivity contribution is 7.99. The van der Waals surface area contributed by atoms with Gasteiger partial charge in [0, 0.05) is 60.1 Å². The maximum atomic E-state index is 13.3. The summed E-state index contributed by atoms with van der Waals surface area (Å²) in [6, 6.07) is 13.4. The van der Waals surface area contributed by atoms with Gasteiger partial charge in [-0.05, 0) is 6.07 Å². The third-order valence-electron chi connectivity index (χ3n) is 4.92. The van der Waals surface area contributed by atoms with Crippen LogP contribution in [0.2, 0.25) is 0 Å². The third kappa shape index (κ3) is 4.10. The first-order chi connectivity index (χ1) is 14.2. The average molecular weight is 410 g/mol. The van der Waals surface area contributed by atoms with E-state index in [-0.39, 0.29) is 5.91 Å². The molecule has 3 aromatic rings. The first kappa shape index (κ1) is 19.4. The van der Waals surface area contributed by atoms with Gasteiger partial charge in [-0.3, -0.25) is 9.78 Å². The molecule has 1 saturated heterocycles. The minimum atomic E-state index is 0.000846. The second kappa shape index (κ2) is 8.61. The van der Waals surface area contributed by atoms with Crippen LogP contribution in [-0.2, 0) is 0 Å². The number of para-hydroxylation sites is 1. The number of carbonyl (C=O) groups is 1. The van der Waals surface area contributed by atoms with Crippen LogP contribution in [0.15, 0.2) is 48.7 Å². The van der Waals surface area contributed by atoms with Crippen molar-refractivity contribution in [2.75, 3.05) is 44.1 Å². The van der Waals surface area contributed by atoms with E-state index < -0.39 is 0 Å². The number of benzene rings is 2. The molecule has 1 fully saturated rings. The highest BCUT2D eigenvalue weighted by Crippen LogP contribution is 2.33. The molecule has 29 heavy (non-hydrogen) atoms. The van der Waals surface area contributed by atoms with Crippen molar-refractivity contribution in [2.24, 2.45) is 0 Å². The number of ether oxygens (including phenoxy) is 2. The third-order valence-corrected chi connectivity index (χ3v) is 5.87. The van der Waals surface area contributed by atoms with E-state index in [2.05, 4.69) is 10.3 Å². The maximum absolute atomic E-state index is 13.3. The predicted octanol–water partition coefficient (Wildman–Crippen LogP) is 4.18. The van der Waals surface area contributed by atoms with E-state index in [1.54, 1.807) is 20.4 Å². The van der Waals surface area contributed by atoms with E-state index in [9.17, 15) is 4.79 Å². The predicted molar refractivity (Wildman–Crippen MR) is 118 cm³/mol. The van der Waals surface area contributed by atoms with Crippen molar-refractivity contribution in [3.05, 3.63) is 54.2 Å². The molecule has 1 amide bonds.